The van der Waals surface area contributed by atoms with E-state index >= 15 is 0 Å². The Hall–Kier alpha value is -2.05. The Balaban J connectivity index is 0. The number of rotatable bonds is 5. The molecule has 0 aliphatic carbocycles. The minimum Gasteiger partial charge on any atom is -0.478 e. The lowest BCUT2D eigenvalue weighted by Crippen LogP contribution is -2.39. The molecule has 8 N–H and O–H groups in total. The van der Waals surface area contributed by atoms with Gasteiger partial charge in [0.05, 0.1) is 0 Å². The highest BCUT2D eigenvalue weighted by atomic mass is 16.4. The molecule has 0 unspecified atom stereocenters. The molecule has 0 heterocycles. The van der Waals surface area contributed by atoms with E-state index in [2.05, 4.69) is 6.92 Å². The van der Waals surface area contributed by atoms with E-state index in [1.807, 2.05) is 5.32 Å². The highest BCUT2D eigenvalue weighted by Crippen LogP contribution is 1.98. The molecular weight excluding hydrogens is 222 g/mol. The number of carbonyl (C=O) groups is 1. The maximum Gasteiger partial charge on any atom is 0.327 e. The number of unbranched alkanes of at least 4 members (excludes halogenated alkanes) is 3. The van der Waals surface area contributed by atoms with Crippen LogP contribution in [0.15, 0.2) is 12.2 Å². The molecule has 0 amide bonds. The van der Waals surface area contributed by atoms with Crippen molar-refractivity contribution in [1.29, 1.82) is 10.8 Å². The molecule has 0 aromatic rings. The van der Waals surface area contributed by atoms with E-state index < -0.39 is 5.97 Å². The maximum atomic E-state index is 9.95. The lowest BCUT2D eigenvalue weighted by molar-refractivity contribution is -0.131. The third-order valence-electron chi connectivity index (χ3n) is 1.50. The zero-order valence-corrected chi connectivity index (χ0v) is 9.99. The molecular formula is C10H21N5O2. The van der Waals surface area contributed by atoms with Gasteiger partial charge in [0.15, 0.2) is 11.9 Å². The summed E-state index contributed by atoms with van der Waals surface area (Å²) in [5.41, 5.74) is 9.49. The van der Waals surface area contributed by atoms with Crippen LogP contribution in [0.4, 0.5) is 0 Å². The Bertz CT molecular complexity index is 264. The van der Waals surface area contributed by atoms with Crippen molar-refractivity contribution >= 4 is 17.9 Å². The molecule has 0 atom stereocenters. The molecule has 0 aliphatic heterocycles. The van der Waals surface area contributed by atoms with E-state index in [4.69, 9.17) is 27.4 Å². The average Bonchev–Trinajstić information content (AvgIpc) is 2.15. The van der Waals surface area contributed by atoms with E-state index in [9.17, 15) is 4.79 Å². The maximum absolute atomic E-state index is 9.95. The number of hydrogen-bond donors (Lipinski definition) is 6. The largest absolute Gasteiger partial charge is 0.478 e. The number of allylic oxidation sites excluding steroid dienone is 1. The topological polar surface area (TPSA) is 149 Å². The Labute approximate surface area is 101 Å². The molecule has 0 saturated heterocycles. The summed E-state index contributed by atoms with van der Waals surface area (Å²) < 4.78 is 0. The van der Waals surface area contributed by atoms with Gasteiger partial charge in [-0.05, 0) is 12.8 Å². The Morgan fingerprint density at radius 1 is 1.29 bits per heavy atom. The van der Waals surface area contributed by atoms with Gasteiger partial charge in [0.2, 0.25) is 0 Å². The number of nitrogens with two attached hydrogens (primary N) is 2. The van der Waals surface area contributed by atoms with Crippen LogP contribution in [-0.4, -0.2) is 23.0 Å². The summed E-state index contributed by atoms with van der Waals surface area (Å²) in [7, 11) is 0. The first-order chi connectivity index (χ1) is 7.90. The van der Waals surface area contributed by atoms with Crippen molar-refractivity contribution in [2.24, 2.45) is 11.5 Å². The summed E-state index contributed by atoms with van der Waals surface area (Å²) >= 11 is 0. The van der Waals surface area contributed by atoms with Crippen LogP contribution in [0.25, 0.3) is 0 Å². The first-order valence-corrected chi connectivity index (χ1v) is 5.24. The van der Waals surface area contributed by atoms with Gasteiger partial charge >= 0.3 is 5.97 Å². The van der Waals surface area contributed by atoms with E-state index in [0.717, 1.165) is 12.8 Å². The first kappa shape index (κ1) is 17.3. The quantitative estimate of drug-likeness (QED) is 0.181. The van der Waals surface area contributed by atoms with Crippen molar-refractivity contribution in [2.75, 3.05) is 0 Å². The van der Waals surface area contributed by atoms with Crippen LogP contribution in [0, 0.1) is 10.8 Å². The molecule has 0 radical (unpaired) electrons. The summed E-state index contributed by atoms with van der Waals surface area (Å²) in [4.78, 5) is 9.95. The highest BCUT2D eigenvalue weighted by Gasteiger charge is 1.85. The van der Waals surface area contributed by atoms with E-state index in [1.165, 1.54) is 18.9 Å². The summed E-state index contributed by atoms with van der Waals surface area (Å²) in [5, 5.41) is 23.2. The molecule has 0 aliphatic rings. The third-order valence-corrected chi connectivity index (χ3v) is 1.50. The second kappa shape index (κ2) is 12.0. The van der Waals surface area contributed by atoms with E-state index in [0.29, 0.717) is 0 Å². The SMILES string of the molecule is CCCCCC=CC(=O)O.N=C(N)NC(=N)N. The number of hydrogen-bond acceptors (Lipinski definition) is 3. The second-order valence-electron chi connectivity index (χ2n) is 3.19. The van der Waals surface area contributed by atoms with Gasteiger partial charge in [0.1, 0.15) is 0 Å². The molecule has 0 saturated carbocycles. The molecule has 0 bridgehead atoms. The van der Waals surface area contributed by atoms with Crippen LogP contribution in [0.1, 0.15) is 32.6 Å². The Morgan fingerprint density at radius 2 is 1.82 bits per heavy atom. The fraction of sp³-hybridized carbons (Fsp3) is 0.500. The van der Waals surface area contributed by atoms with Gasteiger partial charge in [-0.25, -0.2) is 4.79 Å². The predicted molar refractivity (Wildman–Crippen MR) is 67.9 cm³/mol. The molecule has 98 valence electrons. The van der Waals surface area contributed by atoms with E-state index in [-0.39, 0.29) is 11.9 Å². The van der Waals surface area contributed by atoms with Gasteiger partial charge < -0.3 is 16.6 Å². The predicted octanol–water partition coefficient (Wildman–Crippen LogP) is 0.570. The second-order valence-corrected chi connectivity index (χ2v) is 3.19. The summed E-state index contributed by atoms with van der Waals surface area (Å²) in [5.74, 6) is -1.48. The molecule has 17 heavy (non-hydrogen) atoms. The Morgan fingerprint density at radius 3 is 2.12 bits per heavy atom. The van der Waals surface area contributed by atoms with Gasteiger partial charge in [-0.3, -0.25) is 16.1 Å². The smallest absolute Gasteiger partial charge is 0.327 e. The van der Waals surface area contributed by atoms with Gasteiger partial charge in [-0.1, -0.05) is 25.8 Å². The van der Waals surface area contributed by atoms with Crippen LogP contribution < -0.4 is 16.8 Å². The first-order valence-electron chi connectivity index (χ1n) is 5.24. The van der Waals surface area contributed by atoms with Crippen molar-refractivity contribution < 1.29 is 9.90 Å². The lowest BCUT2D eigenvalue weighted by Gasteiger charge is -1.95. The average molecular weight is 243 g/mol. The minimum atomic E-state index is -0.850. The van der Waals surface area contributed by atoms with Crippen molar-refractivity contribution in [2.45, 2.75) is 32.6 Å². The van der Waals surface area contributed by atoms with Gasteiger partial charge in [-0.2, -0.15) is 0 Å². The zero-order valence-electron chi connectivity index (χ0n) is 9.99. The lowest BCUT2D eigenvalue weighted by atomic mass is 10.2. The summed E-state index contributed by atoms with van der Waals surface area (Å²) in [6, 6.07) is 0. The van der Waals surface area contributed by atoms with Gasteiger partial charge in [0.25, 0.3) is 0 Å². The molecule has 0 aromatic carbocycles. The monoisotopic (exact) mass is 243 g/mol. The Kier molecular flexibility index (Phi) is 12.3. The van der Waals surface area contributed by atoms with Crippen LogP contribution >= 0.6 is 0 Å². The van der Waals surface area contributed by atoms with Crippen molar-refractivity contribution in [3.8, 4) is 0 Å². The zero-order chi connectivity index (χ0) is 13.7. The molecule has 7 nitrogen and oxygen atoms in total. The van der Waals surface area contributed by atoms with Crippen molar-refractivity contribution in [3.63, 3.8) is 0 Å². The van der Waals surface area contributed by atoms with Crippen LogP contribution in [0.2, 0.25) is 0 Å². The normalized spacial score (nSPS) is 9.24. The van der Waals surface area contributed by atoms with Gasteiger partial charge in [0, 0.05) is 6.08 Å². The van der Waals surface area contributed by atoms with E-state index in [1.54, 1.807) is 6.08 Å². The number of carboxylic acid groups (broad SMARTS) is 1. The number of carboxylic acids is 1. The van der Waals surface area contributed by atoms with Crippen molar-refractivity contribution in [3.05, 3.63) is 12.2 Å². The molecule has 0 aromatic heterocycles. The highest BCUT2D eigenvalue weighted by molar-refractivity contribution is 5.93. The standard InChI is InChI=1S/C8H14O2.C2H7N5/c1-2-3-4-5-6-7-8(9)10;3-1(4)7-2(5)6/h6-7H,2-5H2,1H3,(H,9,10);(H7,3,4,5,6,7). The summed E-state index contributed by atoms with van der Waals surface area (Å²) in [6.07, 6.45) is 7.26. The molecule has 0 fully saturated rings. The number of aliphatic carboxylic acids is 1. The fourth-order valence-corrected chi connectivity index (χ4v) is 0.841. The van der Waals surface area contributed by atoms with Crippen LogP contribution in [0.5, 0.6) is 0 Å². The molecule has 7 heteroatoms. The van der Waals surface area contributed by atoms with Crippen molar-refractivity contribution in [1.82, 2.24) is 5.32 Å². The number of guanidine groups is 2. The fourth-order valence-electron chi connectivity index (χ4n) is 0.841. The molecule has 0 rings (SSSR count). The summed E-state index contributed by atoms with van der Waals surface area (Å²) in [6.45, 7) is 2.13. The van der Waals surface area contributed by atoms with Crippen LogP contribution in [-0.2, 0) is 4.79 Å². The minimum absolute atomic E-state index is 0.312. The van der Waals surface area contributed by atoms with Gasteiger partial charge in [-0.15, -0.1) is 0 Å². The third kappa shape index (κ3) is 24.9. The molecule has 0 spiro atoms. The number of nitrogens with one attached hydrogen (secondary N) is 3. The van der Waals surface area contributed by atoms with Crippen LogP contribution in [0.3, 0.4) is 0 Å².